The molecule has 2 aromatic carbocycles. The van der Waals surface area contributed by atoms with Crippen LogP contribution in [0, 0.1) is 12.8 Å². The van der Waals surface area contributed by atoms with E-state index >= 15 is 0 Å². The van der Waals surface area contributed by atoms with Crippen molar-refractivity contribution >= 4 is 28.6 Å². The van der Waals surface area contributed by atoms with Gasteiger partial charge in [0.25, 0.3) is 5.56 Å². The van der Waals surface area contributed by atoms with Gasteiger partial charge >= 0.3 is 0 Å². The van der Waals surface area contributed by atoms with Gasteiger partial charge in [0.1, 0.15) is 5.82 Å². The molecule has 1 amide bonds. The number of carbonyl (C=O) groups is 1. The molecule has 1 aliphatic rings. The number of thioether (sulfide) groups is 1. The van der Waals surface area contributed by atoms with Gasteiger partial charge in [0, 0.05) is 19.3 Å². The van der Waals surface area contributed by atoms with E-state index in [4.69, 9.17) is 4.98 Å². The van der Waals surface area contributed by atoms with Gasteiger partial charge in [0.05, 0.1) is 16.7 Å². The standard InChI is InChI=1S/C28H28N4O2S/c1-20-11-12-25(29-18-20)32-27(34)23-9-5-6-10-24(23)30-28(32)35-19-26(33)31-15-13-22(14-16-31)17-21-7-3-2-4-8-21/h2-12,18,22H,13-17,19H2,1H3. The van der Waals surface area contributed by atoms with Crippen molar-refractivity contribution in [3.05, 3.63) is 94.4 Å². The Labute approximate surface area is 209 Å². The summed E-state index contributed by atoms with van der Waals surface area (Å²) in [6.45, 7) is 3.50. The molecule has 1 fully saturated rings. The topological polar surface area (TPSA) is 68.1 Å². The Morgan fingerprint density at radius 2 is 1.74 bits per heavy atom. The number of fused-ring (bicyclic) bond motifs is 1. The Morgan fingerprint density at radius 1 is 1.00 bits per heavy atom. The lowest BCUT2D eigenvalue weighted by Gasteiger charge is -2.32. The second-order valence-corrected chi connectivity index (χ2v) is 9.99. The second kappa shape index (κ2) is 10.4. The first-order valence-electron chi connectivity index (χ1n) is 12.0. The SMILES string of the molecule is Cc1ccc(-n2c(SCC(=O)N3CCC(Cc4ccccc4)CC3)nc3ccccc3c2=O)nc1. The van der Waals surface area contributed by atoms with Crippen molar-refractivity contribution in [3.8, 4) is 5.82 Å². The van der Waals surface area contributed by atoms with Crippen molar-refractivity contribution in [2.24, 2.45) is 5.92 Å². The fourth-order valence-electron chi connectivity index (χ4n) is 4.55. The summed E-state index contributed by atoms with van der Waals surface area (Å²) in [5.41, 5.74) is 2.81. The first kappa shape index (κ1) is 23.3. The highest BCUT2D eigenvalue weighted by molar-refractivity contribution is 7.99. The summed E-state index contributed by atoms with van der Waals surface area (Å²) in [7, 11) is 0. The van der Waals surface area contributed by atoms with Crippen molar-refractivity contribution in [2.45, 2.75) is 31.3 Å². The summed E-state index contributed by atoms with van der Waals surface area (Å²) < 4.78 is 1.52. The molecule has 0 spiro atoms. The summed E-state index contributed by atoms with van der Waals surface area (Å²) in [5.74, 6) is 1.43. The van der Waals surface area contributed by atoms with Crippen molar-refractivity contribution in [1.82, 2.24) is 19.4 Å². The number of pyridine rings is 1. The second-order valence-electron chi connectivity index (χ2n) is 9.05. The van der Waals surface area contributed by atoms with E-state index in [0.29, 0.717) is 27.8 Å². The molecule has 0 N–H and O–H groups in total. The third-order valence-electron chi connectivity index (χ3n) is 6.53. The van der Waals surface area contributed by atoms with E-state index in [1.54, 1.807) is 12.3 Å². The average molecular weight is 485 g/mol. The smallest absolute Gasteiger partial charge is 0.267 e. The van der Waals surface area contributed by atoms with Gasteiger partial charge in [-0.1, -0.05) is 60.3 Å². The minimum Gasteiger partial charge on any atom is -0.342 e. The van der Waals surface area contributed by atoms with Crippen LogP contribution in [0.15, 0.2) is 82.9 Å². The number of carbonyl (C=O) groups excluding carboxylic acids is 1. The van der Waals surface area contributed by atoms with Gasteiger partial charge in [-0.25, -0.2) is 14.5 Å². The fourth-order valence-corrected chi connectivity index (χ4v) is 5.46. The number of nitrogens with zero attached hydrogens (tertiary/aromatic N) is 4. The summed E-state index contributed by atoms with van der Waals surface area (Å²) >= 11 is 1.30. The molecule has 178 valence electrons. The van der Waals surface area contributed by atoms with Crippen molar-refractivity contribution in [1.29, 1.82) is 0 Å². The van der Waals surface area contributed by atoms with E-state index in [0.717, 1.165) is 37.9 Å². The molecule has 5 rings (SSSR count). The Bertz CT molecular complexity index is 1380. The number of para-hydroxylation sites is 1. The molecular formula is C28H28N4O2S. The highest BCUT2D eigenvalue weighted by Crippen LogP contribution is 2.24. The highest BCUT2D eigenvalue weighted by Gasteiger charge is 2.24. The van der Waals surface area contributed by atoms with Crippen LogP contribution in [0.25, 0.3) is 16.7 Å². The first-order chi connectivity index (χ1) is 17.1. The predicted molar refractivity (Wildman–Crippen MR) is 140 cm³/mol. The van der Waals surface area contributed by atoms with E-state index in [9.17, 15) is 9.59 Å². The molecule has 3 heterocycles. The Kier molecular flexibility index (Phi) is 6.95. The monoisotopic (exact) mass is 484 g/mol. The van der Waals surface area contributed by atoms with Crippen LogP contribution in [0.2, 0.25) is 0 Å². The normalized spacial score (nSPS) is 14.4. The minimum absolute atomic E-state index is 0.0824. The molecule has 0 aliphatic carbocycles. The van der Waals surface area contributed by atoms with Gasteiger partial charge in [0.2, 0.25) is 5.91 Å². The van der Waals surface area contributed by atoms with Crippen molar-refractivity contribution in [2.75, 3.05) is 18.8 Å². The maximum atomic E-state index is 13.3. The largest absolute Gasteiger partial charge is 0.342 e. The zero-order valence-corrected chi connectivity index (χ0v) is 20.6. The van der Waals surface area contributed by atoms with E-state index in [2.05, 4.69) is 29.2 Å². The number of aromatic nitrogens is 3. The van der Waals surface area contributed by atoms with E-state index in [-0.39, 0.29) is 17.2 Å². The maximum absolute atomic E-state index is 13.3. The molecule has 35 heavy (non-hydrogen) atoms. The zero-order chi connectivity index (χ0) is 24.2. The van der Waals surface area contributed by atoms with Crippen LogP contribution < -0.4 is 5.56 Å². The van der Waals surface area contributed by atoms with Crippen molar-refractivity contribution in [3.63, 3.8) is 0 Å². The van der Waals surface area contributed by atoms with E-state index in [1.807, 2.05) is 48.2 Å². The van der Waals surface area contributed by atoms with Crippen LogP contribution in [0.4, 0.5) is 0 Å². The molecule has 7 heteroatoms. The summed E-state index contributed by atoms with van der Waals surface area (Å²) in [6, 6.07) is 21.6. The first-order valence-corrected chi connectivity index (χ1v) is 13.0. The van der Waals surface area contributed by atoms with E-state index < -0.39 is 0 Å². The number of piperidine rings is 1. The lowest BCUT2D eigenvalue weighted by Crippen LogP contribution is -2.40. The molecule has 0 unspecified atom stereocenters. The Hall–Kier alpha value is -3.45. The molecule has 1 aliphatic heterocycles. The van der Waals surface area contributed by atoms with Crippen LogP contribution in [-0.4, -0.2) is 44.2 Å². The molecule has 0 atom stereocenters. The van der Waals surface area contributed by atoms with Gasteiger partial charge in [-0.15, -0.1) is 0 Å². The zero-order valence-electron chi connectivity index (χ0n) is 19.8. The number of hydrogen-bond acceptors (Lipinski definition) is 5. The van der Waals surface area contributed by atoms with Crippen LogP contribution in [0.5, 0.6) is 0 Å². The lowest BCUT2D eigenvalue weighted by molar-refractivity contribution is -0.129. The summed E-state index contributed by atoms with van der Waals surface area (Å²) in [4.78, 5) is 37.5. The molecule has 4 aromatic rings. The van der Waals surface area contributed by atoms with Crippen LogP contribution in [-0.2, 0) is 11.2 Å². The van der Waals surface area contributed by atoms with E-state index in [1.165, 1.54) is 21.9 Å². The van der Waals surface area contributed by atoms with Crippen LogP contribution in [0.3, 0.4) is 0 Å². The molecule has 6 nitrogen and oxygen atoms in total. The summed E-state index contributed by atoms with van der Waals surface area (Å²) in [6.07, 6.45) is 4.82. The molecule has 0 saturated carbocycles. The number of benzene rings is 2. The van der Waals surface area contributed by atoms with Gasteiger partial charge in [-0.3, -0.25) is 9.59 Å². The van der Waals surface area contributed by atoms with Gasteiger partial charge in [0.15, 0.2) is 5.16 Å². The maximum Gasteiger partial charge on any atom is 0.267 e. The number of rotatable bonds is 6. The Balaban J connectivity index is 1.30. The van der Waals surface area contributed by atoms with Crippen LogP contribution in [0.1, 0.15) is 24.0 Å². The highest BCUT2D eigenvalue weighted by atomic mass is 32.2. The van der Waals surface area contributed by atoms with Gasteiger partial charge in [-0.2, -0.15) is 0 Å². The third-order valence-corrected chi connectivity index (χ3v) is 7.45. The fraction of sp³-hybridized carbons (Fsp3) is 0.286. The lowest BCUT2D eigenvalue weighted by atomic mass is 9.90. The number of aryl methyl sites for hydroxylation is 1. The average Bonchev–Trinajstić information content (AvgIpc) is 2.89. The van der Waals surface area contributed by atoms with Crippen molar-refractivity contribution < 1.29 is 4.79 Å². The molecule has 2 aromatic heterocycles. The predicted octanol–water partition coefficient (Wildman–Crippen LogP) is 4.66. The van der Waals surface area contributed by atoms with Gasteiger partial charge in [-0.05, 0) is 61.4 Å². The summed E-state index contributed by atoms with van der Waals surface area (Å²) in [5, 5.41) is 1.02. The van der Waals surface area contributed by atoms with Gasteiger partial charge < -0.3 is 4.90 Å². The number of hydrogen-bond donors (Lipinski definition) is 0. The molecule has 0 bridgehead atoms. The number of amides is 1. The molecule has 0 radical (unpaired) electrons. The van der Waals surface area contributed by atoms with Crippen LogP contribution >= 0.6 is 11.8 Å². The minimum atomic E-state index is -0.177. The third kappa shape index (κ3) is 5.30. The molecular weight excluding hydrogens is 456 g/mol. The Morgan fingerprint density at radius 3 is 2.49 bits per heavy atom. The number of likely N-dealkylation sites (tertiary alicyclic amines) is 1. The quantitative estimate of drug-likeness (QED) is 0.294. The molecule has 1 saturated heterocycles.